The molecule has 0 saturated carbocycles. The largest absolute Gasteiger partial charge is 0.286 e. The summed E-state index contributed by atoms with van der Waals surface area (Å²) < 4.78 is 4.64. The third-order valence-electron chi connectivity index (χ3n) is 5.09. The van der Waals surface area contributed by atoms with E-state index in [2.05, 4.69) is 92.5 Å². The SMILES string of the molecule is Cc1ccc2c3ccc(C)c(C)c3n(-c3ccc(C)c[n+]3C)c2c1. The van der Waals surface area contributed by atoms with Gasteiger partial charge in [0.1, 0.15) is 11.0 Å². The highest BCUT2D eigenvalue weighted by Crippen LogP contribution is 2.34. The Hall–Kier alpha value is -2.61. The summed E-state index contributed by atoms with van der Waals surface area (Å²) in [5.41, 5.74) is 7.83. The second-order valence-corrected chi connectivity index (χ2v) is 6.94. The molecule has 0 spiro atoms. The first-order valence-corrected chi connectivity index (χ1v) is 8.45. The highest BCUT2D eigenvalue weighted by atomic mass is 15.1. The van der Waals surface area contributed by atoms with Crippen molar-refractivity contribution in [3.63, 3.8) is 0 Å². The van der Waals surface area contributed by atoms with Gasteiger partial charge < -0.3 is 0 Å². The number of hydrogen-bond acceptors (Lipinski definition) is 0. The van der Waals surface area contributed by atoms with Gasteiger partial charge in [-0.05, 0) is 74.2 Å². The van der Waals surface area contributed by atoms with Gasteiger partial charge in [-0.3, -0.25) is 0 Å². The van der Waals surface area contributed by atoms with Crippen molar-refractivity contribution in [3.05, 3.63) is 70.9 Å². The van der Waals surface area contributed by atoms with Crippen molar-refractivity contribution >= 4 is 21.8 Å². The van der Waals surface area contributed by atoms with Crippen molar-refractivity contribution < 1.29 is 4.57 Å². The highest BCUT2D eigenvalue weighted by Gasteiger charge is 2.22. The molecule has 120 valence electrons. The van der Waals surface area contributed by atoms with E-state index in [9.17, 15) is 0 Å². The predicted molar refractivity (Wildman–Crippen MR) is 101 cm³/mol. The average Bonchev–Trinajstić information content (AvgIpc) is 2.85. The Morgan fingerprint density at radius 2 is 1.50 bits per heavy atom. The zero-order valence-corrected chi connectivity index (χ0v) is 15.0. The molecule has 4 rings (SSSR count). The Balaban J connectivity index is 2.26. The summed E-state index contributed by atoms with van der Waals surface area (Å²) in [4.78, 5) is 0. The van der Waals surface area contributed by atoms with Gasteiger partial charge in [0, 0.05) is 16.8 Å². The molecular formula is C22H23N2+. The molecule has 2 heteroatoms. The molecule has 4 aromatic rings. The van der Waals surface area contributed by atoms with Gasteiger partial charge in [-0.15, -0.1) is 0 Å². The lowest BCUT2D eigenvalue weighted by molar-refractivity contribution is -0.665. The molecule has 0 radical (unpaired) electrons. The van der Waals surface area contributed by atoms with Gasteiger partial charge >= 0.3 is 0 Å². The van der Waals surface area contributed by atoms with Crippen molar-refractivity contribution in [3.8, 4) is 5.82 Å². The maximum absolute atomic E-state index is 2.42. The summed E-state index contributed by atoms with van der Waals surface area (Å²) in [7, 11) is 2.13. The molecular weight excluding hydrogens is 292 g/mol. The van der Waals surface area contributed by atoms with E-state index in [1.165, 1.54) is 49.9 Å². The lowest BCUT2D eigenvalue weighted by atomic mass is 10.0. The minimum Gasteiger partial charge on any atom is -0.236 e. The van der Waals surface area contributed by atoms with E-state index < -0.39 is 0 Å². The van der Waals surface area contributed by atoms with E-state index in [1.807, 2.05) is 0 Å². The molecule has 2 aromatic heterocycles. The Morgan fingerprint density at radius 1 is 0.792 bits per heavy atom. The van der Waals surface area contributed by atoms with Crippen molar-refractivity contribution in [1.29, 1.82) is 0 Å². The van der Waals surface area contributed by atoms with Crippen LogP contribution in [-0.4, -0.2) is 4.57 Å². The fourth-order valence-electron chi connectivity index (χ4n) is 3.69. The molecule has 0 saturated heterocycles. The molecule has 2 heterocycles. The Kier molecular flexibility index (Phi) is 3.24. The standard InChI is InChI=1S/C22H23N2/c1-14-6-9-18-19-10-8-16(3)17(4)22(19)24(20(18)12-14)21-11-7-15(2)13-23(21)5/h6-13H,1-5H3/q+1. The first-order chi connectivity index (χ1) is 11.5. The molecule has 0 aliphatic rings. The molecule has 0 aliphatic heterocycles. The van der Waals surface area contributed by atoms with Gasteiger partial charge in [0.2, 0.25) is 0 Å². The second kappa shape index (κ2) is 5.20. The minimum absolute atomic E-state index is 1.19. The maximum atomic E-state index is 2.42. The molecule has 2 nitrogen and oxygen atoms in total. The van der Waals surface area contributed by atoms with Crippen molar-refractivity contribution in [2.45, 2.75) is 27.7 Å². The van der Waals surface area contributed by atoms with Crippen molar-refractivity contribution in [1.82, 2.24) is 4.57 Å². The summed E-state index contributed by atoms with van der Waals surface area (Å²) >= 11 is 0. The summed E-state index contributed by atoms with van der Waals surface area (Å²) in [6.07, 6.45) is 2.19. The number of fused-ring (bicyclic) bond motifs is 3. The zero-order chi connectivity index (χ0) is 17.0. The highest BCUT2D eigenvalue weighted by molar-refractivity contribution is 6.10. The van der Waals surface area contributed by atoms with E-state index in [0.29, 0.717) is 0 Å². The fourth-order valence-corrected chi connectivity index (χ4v) is 3.69. The first kappa shape index (κ1) is 14.9. The summed E-state index contributed by atoms with van der Waals surface area (Å²) in [6, 6.07) is 15.7. The van der Waals surface area contributed by atoms with Crippen LogP contribution in [0, 0.1) is 27.7 Å². The minimum atomic E-state index is 1.19. The van der Waals surface area contributed by atoms with Crippen molar-refractivity contribution in [2.24, 2.45) is 7.05 Å². The summed E-state index contributed by atoms with van der Waals surface area (Å²) in [6.45, 7) is 8.72. The maximum Gasteiger partial charge on any atom is 0.286 e. The molecule has 0 N–H and O–H groups in total. The number of nitrogens with zero attached hydrogens (tertiary/aromatic N) is 2. The lowest BCUT2D eigenvalue weighted by Gasteiger charge is -2.07. The van der Waals surface area contributed by atoms with E-state index in [0.717, 1.165) is 0 Å². The van der Waals surface area contributed by atoms with Crippen LogP contribution < -0.4 is 4.57 Å². The number of hydrogen-bond donors (Lipinski definition) is 0. The van der Waals surface area contributed by atoms with Gasteiger partial charge in [0.25, 0.3) is 5.82 Å². The van der Waals surface area contributed by atoms with Crippen LogP contribution in [0.1, 0.15) is 22.3 Å². The zero-order valence-electron chi connectivity index (χ0n) is 15.0. The topological polar surface area (TPSA) is 8.81 Å². The van der Waals surface area contributed by atoms with E-state index >= 15 is 0 Å². The molecule has 24 heavy (non-hydrogen) atoms. The van der Waals surface area contributed by atoms with Gasteiger partial charge in [-0.25, -0.2) is 4.57 Å². The van der Waals surface area contributed by atoms with E-state index in [-0.39, 0.29) is 0 Å². The van der Waals surface area contributed by atoms with Crippen LogP contribution in [0.3, 0.4) is 0 Å². The van der Waals surface area contributed by atoms with Gasteiger partial charge in [-0.2, -0.15) is 4.57 Å². The lowest BCUT2D eigenvalue weighted by Crippen LogP contribution is -2.33. The number of pyridine rings is 1. The quantitative estimate of drug-likeness (QED) is 0.444. The fraction of sp³-hybridized carbons (Fsp3) is 0.227. The summed E-state index contributed by atoms with van der Waals surface area (Å²) in [5.74, 6) is 1.19. The Bertz CT molecular complexity index is 1100. The molecule has 2 aromatic carbocycles. The van der Waals surface area contributed by atoms with E-state index in [1.54, 1.807) is 0 Å². The number of aryl methyl sites for hydroxylation is 5. The van der Waals surface area contributed by atoms with Crippen LogP contribution in [0.25, 0.3) is 27.6 Å². The average molecular weight is 315 g/mol. The normalized spacial score (nSPS) is 11.5. The molecule has 0 atom stereocenters. The van der Waals surface area contributed by atoms with Gasteiger partial charge in [0.15, 0.2) is 0 Å². The van der Waals surface area contributed by atoms with E-state index in [4.69, 9.17) is 0 Å². The molecule has 0 unspecified atom stereocenters. The predicted octanol–water partition coefficient (Wildman–Crippen LogP) is 4.84. The van der Waals surface area contributed by atoms with Crippen LogP contribution in [-0.2, 0) is 7.05 Å². The monoisotopic (exact) mass is 315 g/mol. The Morgan fingerprint density at radius 3 is 2.25 bits per heavy atom. The third-order valence-corrected chi connectivity index (χ3v) is 5.09. The summed E-state index contributed by atoms with van der Waals surface area (Å²) in [5, 5.41) is 2.65. The molecule has 0 fully saturated rings. The molecule has 0 amide bonds. The molecule has 0 aliphatic carbocycles. The number of rotatable bonds is 1. The number of aromatic nitrogens is 2. The second-order valence-electron chi connectivity index (χ2n) is 6.94. The Labute approximate surface area is 143 Å². The number of benzene rings is 2. The van der Waals surface area contributed by atoms with Crippen LogP contribution in [0.5, 0.6) is 0 Å². The van der Waals surface area contributed by atoms with Crippen molar-refractivity contribution in [2.75, 3.05) is 0 Å². The third kappa shape index (κ3) is 2.06. The van der Waals surface area contributed by atoms with Crippen LogP contribution in [0.4, 0.5) is 0 Å². The van der Waals surface area contributed by atoms with Gasteiger partial charge in [0.05, 0.1) is 13.2 Å². The molecule has 0 bridgehead atoms. The van der Waals surface area contributed by atoms with Gasteiger partial charge in [-0.1, -0.05) is 12.1 Å². The van der Waals surface area contributed by atoms with Crippen LogP contribution >= 0.6 is 0 Å². The van der Waals surface area contributed by atoms with Crippen LogP contribution in [0.2, 0.25) is 0 Å². The smallest absolute Gasteiger partial charge is 0.236 e. The van der Waals surface area contributed by atoms with Crippen LogP contribution in [0.15, 0.2) is 48.7 Å². The first-order valence-electron chi connectivity index (χ1n) is 8.45.